The van der Waals surface area contributed by atoms with E-state index in [0.717, 1.165) is 16.8 Å². The van der Waals surface area contributed by atoms with Gasteiger partial charge in [-0.25, -0.2) is 4.79 Å². The molecular formula is C14H11NO2. The van der Waals surface area contributed by atoms with Gasteiger partial charge in [-0.15, -0.1) is 0 Å². The summed E-state index contributed by atoms with van der Waals surface area (Å²) in [5.74, 6) is -0.234. The Morgan fingerprint density at radius 3 is 3.06 bits per heavy atom. The molecule has 0 unspecified atom stereocenters. The SMILES string of the molecule is O=C1OCc2ccc(C3=CC=CC=CN3)cc21. The lowest BCUT2D eigenvalue weighted by atomic mass is 10.0. The van der Waals surface area contributed by atoms with Crippen LogP contribution in [0.4, 0.5) is 0 Å². The lowest BCUT2D eigenvalue weighted by Crippen LogP contribution is -2.04. The second-order valence-corrected chi connectivity index (χ2v) is 3.92. The summed E-state index contributed by atoms with van der Waals surface area (Å²) >= 11 is 0. The first-order valence-electron chi connectivity index (χ1n) is 5.45. The maximum Gasteiger partial charge on any atom is 0.338 e. The van der Waals surface area contributed by atoms with E-state index in [-0.39, 0.29) is 5.97 Å². The molecule has 0 saturated heterocycles. The van der Waals surface area contributed by atoms with E-state index in [4.69, 9.17) is 4.74 Å². The molecule has 17 heavy (non-hydrogen) atoms. The largest absolute Gasteiger partial charge is 0.457 e. The molecule has 0 amide bonds. The molecule has 3 nitrogen and oxygen atoms in total. The van der Waals surface area contributed by atoms with Crippen LogP contribution in [0.25, 0.3) is 5.70 Å². The zero-order chi connectivity index (χ0) is 11.7. The Morgan fingerprint density at radius 1 is 1.18 bits per heavy atom. The molecule has 0 aromatic heterocycles. The number of allylic oxidation sites excluding steroid dienone is 4. The number of fused-ring (bicyclic) bond motifs is 1. The van der Waals surface area contributed by atoms with Crippen molar-refractivity contribution >= 4 is 11.7 Å². The van der Waals surface area contributed by atoms with Crippen molar-refractivity contribution in [3.8, 4) is 0 Å². The molecule has 0 aliphatic carbocycles. The molecule has 2 aliphatic heterocycles. The summed E-state index contributed by atoms with van der Waals surface area (Å²) in [4.78, 5) is 11.5. The van der Waals surface area contributed by atoms with Crippen LogP contribution in [0.5, 0.6) is 0 Å². The second-order valence-electron chi connectivity index (χ2n) is 3.92. The van der Waals surface area contributed by atoms with E-state index in [1.165, 1.54) is 0 Å². The number of esters is 1. The molecule has 0 atom stereocenters. The van der Waals surface area contributed by atoms with Crippen LogP contribution in [0.2, 0.25) is 0 Å². The summed E-state index contributed by atoms with van der Waals surface area (Å²) in [6.07, 6.45) is 9.66. The molecule has 1 N–H and O–H groups in total. The van der Waals surface area contributed by atoms with Gasteiger partial charge in [0.1, 0.15) is 6.61 Å². The van der Waals surface area contributed by atoms with Crippen molar-refractivity contribution in [2.24, 2.45) is 0 Å². The molecule has 2 aliphatic rings. The predicted octanol–water partition coefficient (Wildman–Crippen LogP) is 2.37. The van der Waals surface area contributed by atoms with Crippen molar-refractivity contribution in [3.05, 3.63) is 65.4 Å². The number of hydrogen-bond donors (Lipinski definition) is 1. The number of benzene rings is 1. The zero-order valence-electron chi connectivity index (χ0n) is 9.14. The normalized spacial score (nSPS) is 16.9. The van der Waals surface area contributed by atoms with Gasteiger partial charge in [0.15, 0.2) is 0 Å². The van der Waals surface area contributed by atoms with Crippen LogP contribution < -0.4 is 5.32 Å². The van der Waals surface area contributed by atoms with Gasteiger partial charge < -0.3 is 10.1 Å². The average molecular weight is 225 g/mol. The Morgan fingerprint density at radius 2 is 2.12 bits per heavy atom. The van der Waals surface area contributed by atoms with Crippen LogP contribution in [-0.2, 0) is 11.3 Å². The van der Waals surface area contributed by atoms with Gasteiger partial charge in [-0.05, 0) is 23.8 Å². The lowest BCUT2D eigenvalue weighted by Gasteiger charge is -2.07. The van der Waals surface area contributed by atoms with Gasteiger partial charge in [0.2, 0.25) is 0 Å². The molecule has 0 spiro atoms. The number of carbonyl (C=O) groups is 1. The smallest absolute Gasteiger partial charge is 0.338 e. The number of rotatable bonds is 1. The fourth-order valence-corrected chi connectivity index (χ4v) is 1.92. The maximum atomic E-state index is 11.5. The fourth-order valence-electron chi connectivity index (χ4n) is 1.92. The predicted molar refractivity (Wildman–Crippen MR) is 65.0 cm³/mol. The number of cyclic esters (lactones) is 1. The summed E-state index contributed by atoms with van der Waals surface area (Å²) in [5, 5.41) is 3.17. The third-order valence-corrected chi connectivity index (χ3v) is 2.82. The van der Waals surface area contributed by atoms with Crippen molar-refractivity contribution in [2.45, 2.75) is 6.61 Å². The topological polar surface area (TPSA) is 38.3 Å². The minimum Gasteiger partial charge on any atom is -0.457 e. The van der Waals surface area contributed by atoms with Gasteiger partial charge in [0.25, 0.3) is 0 Å². The molecule has 3 rings (SSSR count). The third kappa shape index (κ3) is 1.76. The van der Waals surface area contributed by atoms with Crippen LogP contribution >= 0.6 is 0 Å². The van der Waals surface area contributed by atoms with Crippen LogP contribution in [-0.4, -0.2) is 5.97 Å². The van der Waals surface area contributed by atoms with Gasteiger partial charge >= 0.3 is 5.97 Å². The van der Waals surface area contributed by atoms with Crippen LogP contribution in [0.15, 0.2) is 48.7 Å². The minimum absolute atomic E-state index is 0.234. The highest BCUT2D eigenvalue weighted by Gasteiger charge is 2.21. The standard InChI is InChI=1S/C14H11NO2/c16-14-12-8-10(5-6-11(12)9-17-14)13-4-2-1-3-7-15-13/h1-8,15H,9H2. The molecular weight excluding hydrogens is 214 g/mol. The van der Waals surface area contributed by atoms with Gasteiger partial charge in [-0.3, -0.25) is 0 Å². The van der Waals surface area contributed by atoms with E-state index in [1.54, 1.807) is 0 Å². The van der Waals surface area contributed by atoms with Gasteiger partial charge in [0.05, 0.1) is 5.56 Å². The monoisotopic (exact) mass is 225 g/mol. The molecule has 0 bridgehead atoms. The molecule has 2 heterocycles. The van der Waals surface area contributed by atoms with E-state index in [0.29, 0.717) is 12.2 Å². The Kier molecular flexibility index (Phi) is 2.29. The van der Waals surface area contributed by atoms with Gasteiger partial charge in [-0.1, -0.05) is 24.3 Å². The Balaban J connectivity index is 2.02. The summed E-state index contributed by atoms with van der Waals surface area (Å²) in [6.45, 7) is 0.390. The third-order valence-electron chi connectivity index (χ3n) is 2.82. The number of nitrogens with one attached hydrogen (secondary N) is 1. The quantitative estimate of drug-likeness (QED) is 0.746. The molecule has 0 fully saturated rings. The summed E-state index contributed by atoms with van der Waals surface area (Å²) in [6, 6.07) is 5.81. The Labute approximate surface area is 99.1 Å². The van der Waals surface area contributed by atoms with E-state index in [1.807, 2.05) is 48.7 Å². The maximum absolute atomic E-state index is 11.5. The zero-order valence-corrected chi connectivity index (χ0v) is 9.14. The van der Waals surface area contributed by atoms with E-state index < -0.39 is 0 Å². The number of ether oxygens (including phenoxy) is 1. The summed E-state index contributed by atoms with van der Waals surface area (Å²) < 4.78 is 4.98. The molecule has 1 aromatic rings. The molecule has 3 heteroatoms. The van der Waals surface area contributed by atoms with Crippen molar-refractivity contribution in [1.29, 1.82) is 0 Å². The van der Waals surface area contributed by atoms with Crippen molar-refractivity contribution in [1.82, 2.24) is 5.32 Å². The first-order valence-corrected chi connectivity index (χ1v) is 5.45. The Hall–Kier alpha value is -2.29. The van der Waals surface area contributed by atoms with Crippen LogP contribution in [0.3, 0.4) is 0 Å². The van der Waals surface area contributed by atoms with Crippen LogP contribution in [0.1, 0.15) is 21.5 Å². The van der Waals surface area contributed by atoms with Crippen molar-refractivity contribution < 1.29 is 9.53 Å². The highest BCUT2D eigenvalue weighted by atomic mass is 16.5. The van der Waals surface area contributed by atoms with Crippen molar-refractivity contribution in [2.75, 3.05) is 0 Å². The minimum atomic E-state index is -0.234. The molecule has 84 valence electrons. The molecule has 0 saturated carbocycles. The van der Waals surface area contributed by atoms with Gasteiger partial charge in [-0.2, -0.15) is 0 Å². The van der Waals surface area contributed by atoms with E-state index in [9.17, 15) is 4.79 Å². The van der Waals surface area contributed by atoms with Crippen LogP contribution in [0, 0.1) is 0 Å². The lowest BCUT2D eigenvalue weighted by molar-refractivity contribution is 0.0535. The fraction of sp³-hybridized carbons (Fsp3) is 0.0714. The highest BCUT2D eigenvalue weighted by molar-refractivity contribution is 5.94. The highest BCUT2D eigenvalue weighted by Crippen LogP contribution is 2.24. The Bertz CT molecular complexity index is 568. The van der Waals surface area contributed by atoms with Crippen molar-refractivity contribution in [3.63, 3.8) is 0 Å². The first kappa shape index (κ1) is 9.90. The van der Waals surface area contributed by atoms with E-state index >= 15 is 0 Å². The van der Waals surface area contributed by atoms with E-state index in [2.05, 4.69) is 5.32 Å². The molecule has 1 aromatic carbocycles. The molecule has 0 radical (unpaired) electrons. The second kappa shape index (κ2) is 3.94. The summed E-state index contributed by atoms with van der Waals surface area (Å²) in [7, 11) is 0. The number of carbonyl (C=O) groups excluding carboxylic acids is 1. The average Bonchev–Trinajstić information content (AvgIpc) is 2.58. The summed E-state index contributed by atoms with van der Waals surface area (Å²) in [5.41, 5.74) is 3.58. The van der Waals surface area contributed by atoms with Gasteiger partial charge in [0, 0.05) is 17.5 Å². The number of hydrogen-bond acceptors (Lipinski definition) is 3. The first-order chi connectivity index (χ1) is 8.34.